The van der Waals surface area contributed by atoms with Gasteiger partial charge in [0.1, 0.15) is 11.6 Å². The zero-order valence-corrected chi connectivity index (χ0v) is 27.5. The summed E-state index contributed by atoms with van der Waals surface area (Å²) in [5, 5.41) is 0.618. The van der Waals surface area contributed by atoms with Gasteiger partial charge in [-0.25, -0.2) is 8.78 Å². The number of rotatable bonds is 14. The summed E-state index contributed by atoms with van der Waals surface area (Å²) in [7, 11) is 1.56. The standard InChI is InChI=1S/C38H40F2N2O6/c1-24-25(2)38(24,36(43)20-26-5-8-28(39)9-6-26)37(44)21-27-7-10-33(30(40)19-27)48-32-11-12-41-31-23-35(34(45-3)22-29(31)32)47-16-4-13-42-14-17-46-18-15-42/h5-12,19,22-25H,4,13-18,20-21H2,1-3H3/t24-,25-/m1/s1. The third-order valence-corrected chi connectivity index (χ3v) is 9.83. The maximum absolute atomic E-state index is 15.4. The second-order valence-corrected chi connectivity index (χ2v) is 12.6. The first-order valence-electron chi connectivity index (χ1n) is 16.4. The molecule has 2 fully saturated rings. The molecule has 1 aromatic heterocycles. The number of ketones is 2. The quantitative estimate of drug-likeness (QED) is 0.111. The van der Waals surface area contributed by atoms with Gasteiger partial charge in [-0.3, -0.25) is 19.5 Å². The lowest BCUT2D eigenvalue weighted by Gasteiger charge is -2.26. The predicted molar refractivity (Wildman–Crippen MR) is 177 cm³/mol. The number of Topliss-reactive ketones (excluding diaryl/α,β-unsaturated/α-hetero) is 2. The van der Waals surface area contributed by atoms with Crippen LogP contribution in [0.4, 0.5) is 8.78 Å². The molecule has 0 amide bonds. The molecule has 0 radical (unpaired) electrons. The van der Waals surface area contributed by atoms with Crippen LogP contribution >= 0.6 is 0 Å². The van der Waals surface area contributed by atoms with Gasteiger partial charge < -0.3 is 18.9 Å². The first-order chi connectivity index (χ1) is 23.2. The van der Waals surface area contributed by atoms with E-state index < -0.39 is 11.2 Å². The average molecular weight is 659 g/mol. The normalized spacial score (nSPS) is 20.8. The number of carbonyl (C=O) groups excluding carboxylic acids is 2. The smallest absolute Gasteiger partial charge is 0.166 e. The van der Waals surface area contributed by atoms with Crippen molar-refractivity contribution in [3.05, 3.63) is 89.6 Å². The molecule has 48 heavy (non-hydrogen) atoms. The summed E-state index contributed by atoms with van der Waals surface area (Å²) in [6.07, 6.45) is 2.38. The fraction of sp³-hybridized carbons (Fsp3) is 0.395. The van der Waals surface area contributed by atoms with Gasteiger partial charge in [0.2, 0.25) is 0 Å². The van der Waals surface area contributed by atoms with Gasteiger partial charge >= 0.3 is 0 Å². The van der Waals surface area contributed by atoms with Crippen LogP contribution in [0.2, 0.25) is 0 Å². The average Bonchev–Trinajstić information content (AvgIpc) is 3.65. The van der Waals surface area contributed by atoms with Crippen LogP contribution in [-0.2, 0) is 27.2 Å². The van der Waals surface area contributed by atoms with Crippen LogP contribution in [0, 0.1) is 28.9 Å². The molecule has 2 heterocycles. The first-order valence-corrected chi connectivity index (χ1v) is 16.4. The van der Waals surface area contributed by atoms with Crippen LogP contribution in [0.3, 0.4) is 0 Å². The van der Waals surface area contributed by atoms with Crippen molar-refractivity contribution >= 4 is 22.5 Å². The second kappa shape index (κ2) is 14.4. The molecule has 0 spiro atoms. The fourth-order valence-electron chi connectivity index (χ4n) is 6.85. The monoisotopic (exact) mass is 658 g/mol. The number of carbonyl (C=O) groups is 2. The molecule has 2 atom stereocenters. The van der Waals surface area contributed by atoms with Gasteiger partial charge in [-0.15, -0.1) is 0 Å². The number of morpholine rings is 1. The van der Waals surface area contributed by atoms with E-state index in [1.54, 1.807) is 49.7 Å². The summed E-state index contributed by atoms with van der Waals surface area (Å²) in [4.78, 5) is 33.8. The maximum Gasteiger partial charge on any atom is 0.166 e. The van der Waals surface area contributed by atoms with Gasteiger partial charge in [0, 0.05) is 50.1 Å². The number of aromatic nitrogens is 1. The highest BCUT2D eigenvalue weighted by molar-refractivity contribution is 6.12. The van der Waals surface area contributed by atoms with E-state index in [-0.39, 0.29) is 47.8 Å². The molecule has 1 saturated carbocycles. The molecule has 0 N–H and O–H groups in total. The van der Waals surface area contributed by atoms with Crippen molar-refractivity contribution in [1.29, 1.82) is 0 Å². The van der Waals surface area contributed by atoms with E-state index in [0.717, 1.165) is 39.3 Å². The lowest BCUT2D eigenvalue weighted by atomic mass is 9.84. The number of pyridine rings is 1. The van der Waals surface area contributed by atoms with Crippen molar-refractivity contribution < 1.29 is 37.3 Å². The van der Waals surface area contributed by atoms with Crippen LogP contribution in [0.25, 0.3) is 10.9 Å². The number of hydrogen-bond donors (Lipinski definition) is 0. The minimum absolute atomic E-state index is 0.0173. The Morgan fingerprint density at radius 3 is 2.23 bits per heavy atom. The molecule has 2 aliphatic rings. The molecule has 1 aliphatic carbocycles. The second-order valence-electron chi connectivity index (χ2n) is 12.6. The minimum Gasteiger partial charge on any atom is -0.493 e. The molecular formula is C38H40F2N2O6. The number of ether oxygens (including phenoxy) is 4. The van der Waals surface area contributed by atoms with Gasteiger partial charge in [-0.05, 0) is 65.8 Å². The van der Waals surface area contributed by atoms with Crippen LogP contribution < -0.4 is 14.2 Å². The summed E-state index contributed by atoms with van der Waals surface area (Å²) >= 11 is 0. The molecule has 10 heteroatoms. The molecule has 1 aliphatic heterocycles. The Kier molecular flexibility index (Phi) is 10.0. The zero-order chi connectivity index (χ0) is 33.8. The van der Waals surface area contributed by atoms with E-state index in [1.807, 2.05) is 13.8 Å². The third kappa shape index (κ3) is 6.91. The summed E-state index contributed by atoms with van der Waals surface area (Å²) in [6.45, 7) is 8.56. The van der Waals surface area contributed by atoms with Crippen molar-refractivity contribution in [2.24, 2.45) is 17.3 Å². The first kappa shape index (κ1) is 33.5. The Morgan fingerprint density at radius 2 is 1.56 bits per heavy atom. The van der Waals surface area contributed by atoms with E-state index >= 15 is 4.39 Å². The molecule has 8 nitrogen and oxygen atoms in total. The molecule has 252 valence electrons. The molecule has 1 saturated heterocycles. The Bertz CT molecular complexity index is 1780. The third-order valence-electron chi connectivity index (χ3n) is 9.83. The van der Waals surface area contributed by atoms with Crippen molar-refractivity contribution in [3.8, 4) is 23.0 Å². The van der Waals surface area contributed by atoms with Gasteiger partial charge in [-0.1, -0.05) is 32.0 Å². The van der Waals surface area contributed by atoms with Crippen molar-refractivity contribution in [1.82, 2.24) is 9.88 Å². The number of methoxy groups -OCH3 is 1. The lowest BCUT2D eigenvalue weighted by Crippen LogP contribution is -2.37. The SMILES string of the molecule is COc1cc2c(Oc3ccc(CC(=O)C4(C(=O)Cc5ccc(F)cc5)[C@H](C)[C@H]4C)cc3F)ccnc2cc1OCCCN1CCOCC1. The highest BCUT2D eigenvalue weighted by Gasteiger charge is 2.67. The van der Waals surface area contributed by atoms with Crippen molar-refractivity contribution in [2.45, 2.75) is 33.1 Å². The predicted octanol–water partition coefficient (Wildman–Crippen LogP) is 6.61. The van der Waals surface area contributed by atoms with E-state index in [1.165, 1.54) is 24.3 Å². The zero-order valence-electron chi connectivity index (χ0n) is 27.5. The minimum atomic E-state index is -1.14. The largest absolute Gasteiger partial charge is 0.493 e. The van der Waals surface area contributed by atoms with Crippen LogP contribution in [0.15, 0.2) is 66.9 Å². The molecule has 0 bridgehead atoms. The Hall–Kier alpha value is -4.41. The number of hydrogen-bond acceptors (Lipinski definition) is 8. The van der Waals surface area contributed by atoms with Crippen molar-refractivity contribution in [3.63, 3.8) is 0 Å². The molecule has 4 aromatic rings. The number of halogens is 2. The Morgan fingerprint density at radius 1 is 0.875 bits per heavy atom. The Labute approximate surface area is 279 Å². The van der Waals surface area contributed by atoms with Crippen LogP contribution in [0.5, 0.6) is 23.0 Å². The topological polar surface area (TPSA) is 87.2 Å². The summed E-state index contributed by atoms with van der Waals surface area (Å²) in [5.74, 6) is -0.302. The van der Waals surface area contributed by atoms with Gasteiger partial charge in [0.25, 0.3) is 0 Å². The number of benzene rings is 3. The molecule has 0 unspecified atom stereocenters. The maximum atomic E-state index is 15.4. The van der Waals surface area contributed by atoms with Crippen LogP contribution in [-0.4, -0.2) is 68.0 Å². The molecule has 3 aromatic carbocycles. The van der Waals surface area contributed by atoms with E-state index in [4.69, 9.17) is 18.9 Å². The molecular weight excluding hydrogens is 618 g/mol. The van der Waals surface area contributed by atoms with E-state index in [0.29, 0.717) is 45.9 Å². The summed E-state index contributed by atoms with van der Waals surface area (Å²) in [5.41, 5.74) is 0.557. The Balaban J connectivity index is 1.13. The number of nitrogens with zero attached hydrogens (tertiary/aromatic N) is 2. The van der Waals surface area contributed by atoms with E-state index in [2.05, 4.69) is 9.88 Å². The molecule has 6 rings (SSSR count). The van der Waals surface area contributed by atoms with Gasteiger partial charge in [-0.2, -0.15) is 0 Å². The number of fused-ring (bicyclic) bond motifs is 1. The van der Waals surface area contributed by atoms with Gasteiger partial charge in [0.15, 0.2) is 34.6 Å². The van der Waals surface area contributed by atoms with Crippen molar-refractivity contribution in [2.75, 3.05) is 46.6 Å². The lowest BCUT2D eigenvalue weighted by molar-refractivity contribution is -0.135. The van der Waals surface area contributed by atoms with Gasteiger partial charge in [0.05, 0.1) is 37.9 Å². The van der Waals surface area contributed by atoms with Crippen LogP contribution in [0.1, 0.15) is 31.4 Å². The summed E-state index contributed by atoms with van der Waals surface area (Å²) < 4.78 is 51.9. The highest BCUT2D eigenvalue weighted by atomic mass is 19.1. The van der Waals surface area contributed by atoms with E-state index in [9.17, 15) is 14.0 Å². The highest BCUT2D eigenvalue weighted by Crippen LogP contribution is 2.60. The fourth-order valence-corrected chi connectivity index (χ4v) is 6.85. The summed E-state index contributed by atoms with van der Waals surface area (Å²) in [6, 6.07) is 15.3.